The number of nitrogens with zero attached hydrogens (tertiary/aromatic N) is 2. The van der Waals surface area contributed by atoms with Gasteiger partial charge in [-0.05, 0) is 43.0 Å². The largest absolute Gasteiger partial charge is 0.464 e. The van der Waals surface area contributed by atoms with Gasteiger partial charge in [-0.3, -0.25) is 0 Å². The average Bonchev–Trinajstić information content (AvgIpc) is 3.39. The van der Waals surface area contributed by atoms with Crippen molar-refractivity contribution in [3.8, 4) is 0 Å². The van der Waals surface area contributed by atoms with Gasteiger partial charge >= 0.3 is 5.97 Å². The molecule has 0 atom stereocenters. The van der Waals surface area contributed by atoms with E-state index in [1.54, 1.807) is 6.07 Å². The molecule has 1 aliphatic rings. The Hall–Kier alpha value is -1.56. The maximum atomic E-state index is 11.9. The SMILES string of the molecule is COC(=O)c1nc(C2CC2)nc(NCc2c(C)cc(Cl)cc2Cl)c1Cl. The van der Waals surface area contributed by atoms with Gasteiger partial charge in [-0.1, -0.05) is 34.8 Å². The van der Waals surface area contributed by atoms with Crippen LogP contribution in [0.4, 0.5) is 5.82 Å². The highest BCUT2D eigenvalue weighted by Crippen LogP contribution is 2.40. The van der Waals surface area contributed by atoms with Crippen molar-refractivity contribution in [2.45, 2.75) is 32.2 Å². The van der Waals surface area contributed by atoms with Gasteiger partial charge < -0.3 is 10.1 Å². The molecule has 1 N–H and O–H groups in total. The molecule has 1 fully saturated rings. The minimum atomic E-state index is -0.585. The van der Waals surface area contributed by atoms with E-state index in [0.717, 1.165) is 24.0 Å². The lowest BCUT2D eigenvalue weighted by Crippen LogP contribution is -2.13. The number of anilines is 1. The maximum Gasteiger partial charge on any atom is 0.358 e. The predicted molar refractivity (Wildman–Crippen MR) is 98.9 cm³/mol. The third-order valence-corrected chi connectivity index (χ3v) is 4.92. The first-order valence-corrected chi connectivity index (χ1v) is 8.88. The van der Waals surface area contributed by atoms with Crippen LogP contribution in [0.2, 0.25) is 15.1 Å². The molecule has 2 aromatic rings. The number of hydrogen-bond acceptors (Lipinski definition) is 5. The van der Waals surface area contributed by atoms with Crippen LogP contribution in [0.1, 0.15) is 46.2 Å². The standard InChI is InChI=1S/C17H16Cl3N3O2/c1-8-5-10(18)6-12(19)11(8)7-21-16-13(20)14(17(24)25-2)22-15(23-16)9-3-4-9/h5-6,9H,3-4,7H2,1-2H3,(H,21,22,23). The quantitative estimate of drug-likeness (QED) is 0.714. The molecule has 25 heavy (non-hydrogen) atoms. The number of aryl methyl sites for hydroxylation is 1. The summed E-state index contributed by atoms with van der Waals surface area (Å²) in [5.74, 6) is 0.677. The van der Waals surface area contributed by atoms with E-state index < -0.39 is 5.97 Å². The number of nitrogens with one attached hydrogen (secondary N) is 1. The van der Waals surface area contributed by atoms with E-state index in [1.807, 2.05) is 13.0 Å². The van der Waals surface area contributed by atoms with Gasteiger partial charge in [0.15, 0.2) is 5.69 Å². The first-order chi connectivity index (χ1) is 11.9. The summed E-state index contributed by atoms with van der Waals surface area (Å²) in [7, 11) is 1.29. The fraction of sp³-hybridized carbons (Fsp3) is 0.353. The maximum absolute atomic E-state index is 11.9. The van der Waals surface area contributed by atoms with Crippen molar-refractivity contribution < 1.29 is 9.53 Å². The summed E-state index contributed by atoms with van der Waals surface area (Å²) < 4.78 is 4.76. The summed E-state index contributed by atoms with van der Waals surface area (Å²) in [6.07, 6.45) is 2.01. The molecule has 1 saturated carbocycles. The second kappa shape index (κ2) is 7.36. The molecule has 0 radical (unpaired) electrons. The van der Waals surface area contributed by atoms with E-state index >= 15 is 0 Å². The first kappa shape index (κ1) is 18.2. The number of methoxy groups -OCH3 is 1. The van der Waals surface area contributed by atoms with Gasteiger partial charge in [0.05, 0.1) is 7.11 Å². The highest BCUT2D eigenvalue weighted by atomic mass is 35.5. The number of carbonyl (C=O) groups is 1. The second-order valence-electron chi connectivity index (χ2n) is 5.90. The third kappa shape index (κ3) is 4.00. The fourth-order valence-electron chi connectivity index (χ4n) is 2.47. The summed E-state index contributed by atoms with van der Waals surface area (Å²) in [5, 5.41) is 4.43. The lowest BCUT2D eigenvalue weighted by molar-refractivity contribution is 0.0593. The number of hydrogen-bond donors (Lipinski definition) is 1. The van der Waals surface area contributed by atoms with Gasteiger partial charge in [-0.25, -0.2) is 14.8 Å². The molecule has 0 bridgehead atoms. The van der Waals surface area contributed by atoms with Crippen molar-refractivity contribution in [1.29, 1.82) is 0 Å². The molecule has 132 valence electrons. The number of aromatic nitrogens is 2. The Kier molecular flexibility index (Phi) is 5.37. The van der Waals surface area contributed by atoms with Gasteiger partial charge in [0.1, 0.15) is 16.7 Å². The van der Waals surface area contributed by atoms with E-state index in [2.05, 4.69) is 15.3 Å². The Morgan fingerprint density at radius 2 is 2.00 bits per heavy atom. The van der Waals surface area contributed by atoms with Crippen molar-refractivity contribution in [3.05, 3.63) is 49.8 Å². The van der Waals surface area contributed by atoms with Crippen molar-refractivity contribution >= 4 is 46.6 Å². The molecule has 5 nitrogen and oxygen atoms in total. The van der Waals surface area contributed by atoms with Crippen LogP contribution in [0.15, 0.2) is 12.1 Å². The zero-order valence-corrected chi connectivity index (χ0v) is 16.0. The summed E-state index contributed by atoms with van der Waals surface area (Å²) >= 11 is 18.6. The summed E-state index contributed by atoms with van der Waals surface area (Å²) in [5.41, 5.74) is 1.90. The smallest absolute Gasteiger partial charge is 0.358 e. The lowest BCUT2D eigenvalue weighted by atomic mass is 10.1. The van der Waals surface area contributed by atoms with E-state index in [1.165, 1.54) is 7.11 Å². The minimum absolute atomic E-state index is 0.0718. The molecule has 1 aromatic heterocycles. The molecule has 0 spiro atoms. The Morgan fingerprint density at radius 1 is 1.28 bits per heavy atom. The van der Waals surface area contributed by atoms with Crippen molar-refractivity contribution in [2.24, 2.45) is 0 Å². The van der Waals surface area contributed by atoms with Crippen LogP contribution in [-0.2, 0) is 11.3 Å². The first-order valence-electron chi connectivity index (χ1n) is 7.74. The van der Waals surface area contributed by atoms with E-state index in [9.17, 15) is 4.79 Å². The van der Waals surface area contributed by atoms with Gasteiger partial charge in [-0.2, -0.15) is 0 Å². The molecule has 1 heterocycles. The van der Waals surface area contributed by atoms with E-state index in [-0.39, 0.29) is 16.6 Å². The molecule has 3 rings (SSSR count). The molecule has 8 heteroatoms. The van der Waals surface area contributed by atoms with Crippen LogP contribution < -0.4 is 5.32 Å². The molecular weight excluding hydrogens is 385 g/mol. The van der Waals surface area contributed by atoms with Crippen molar-refractivity contribution in [2.75, 3.05) is 12.4 Å². The molecule has 1 aromatic carbocycles. The second-order valence-corrected chi connectivity index (χ2v) is 7.12. The Balaban J connectivity index is 1.92. The third-order valence-electron chi connectivity index (χ3n) is 4.01. The summed E-state index contributed by atoms with van der Waals surface area (Å²) in [6.45, 7) is 2.31. The van der Waals surface area contributed by atoms with Gasteiger partial charge in [0.2, 0.25) is 0 Å². The monoisotopic (exact) mass is 399 g/mol. The van der Waals surface area contributed by atoms with Crippen molar-refractivity contribution in [1.82, 2.24) is 9.97 Å². The molecule has 0 aliphatic heterocycles. The molecule has 0 unspecified atom stereocenters. The highest BCUT2D eigenvalue weighted by Gasteiger charge is 2.30. The molecule has 0 saturated heterocycles. The highest BCUT2D eigenvalue weighted by molar-refractivity contribution is 6.36. The Morgan fingerprint density at radius 3 is 2.60 bits per heavy atom. The number of benzene rings is 1. The van der Waals surface area contributed by atoms with E-state index in [4.69, 9.17) is 39.5 Å². The van der Waals surface area contributed by atoms with Crippen LogP contribution in [0.5, 0.6) is 0 Å². The van der Waals surface area contributed by atoms with Gasteiger partial charge in [0.25, 0.3) is 0 Å². The van der Waals surface area contributed by atoms with Crippen LogP contribution in [0.25, 0.3) is 0 Å². The van der Waals surface area contributed by atoms with Gasteiger partial charge in [0, 0.05) is 22.5 Å². The van der Waals surface area contributed by atoms with Crippen LogP contribution in [-0.4, -0.2) is 23.0 Å². The normalized spacial score (nSPS) is 13.6. The van der Waals surface area contributed by atoms with Crippen molar-refractivity contribution in [3.63, 3.8) is 0 Å². The van der Waals surface area contributed by atoms with E-state index in [0.29, 0.717) is 28.2 Å². The Labute approximate surface area is 160 Å². The summed E-state index contributed by atoms with van der Waals surface area (Å²) in [6, 6.07) is 3.52. The zero-order valence-electron chi connectivity index (χ0n) is 13.7. The molecule has 1 aliphatic carbocycles. The van der Waals surface area contributed by atoms with Crippen LogP contribution >= 0.6 is 34.8 Å². The number of ether oxygens (including phenoxy) is 1. The minimum Gasteiger partial charge on any atom is -0.464 e. The zero-order chi connectivity index (χ0) is 18.1. The number of carbonyl (C=O) groups excluding carboxylic acids is 1. The number of esters is 1. The number of rotatable bonds is 5. The van der Waals surface area contributed by atoms with Gasteiger partial charge in [-0.15, -0.1) is 0 Å². The number of halogens is 3. The lowest BCUT2D eigenvalue weighted by Gasteiger charge is -2.14. The summed E-state index contributed by atoms with van der Waals surface area (Å²) in [4.78, 5) is 20.7. The van der Waals surface area contributed by atoms with Crippen LogP contribution in [0.3, 0.4) is 0 Å². The molecule has 0 amide bonds. The average molecular weight is 401 g/mol. The fourth-order valence-corrected chi connectivity index (χ4v) is 3.36. The topological polar surface area (TPSA) is 64.1 Å². The van der Waals surface area contributed by atoms with Crippen LogP contribution in [0, 0.1) is 6.92 Å². The predicted octanol–water partition coefficient (Wildman–Crippen LogP) is 5.02. The Bertz CT molecular complexity index is 815. The molecular formula is C17H16Cl3N3O2.